The van der Waals surface area contributed by atoms with Crippen molar-refractivity contribution in [1.29, 1.82) is 0 Å². The van der Waals surface area contributed by atoms with Gasteiger partial charge in [0.25, 0.3) is 0 Å². The average Bonchev–Trinajstić information content (AvgIpc) is 2.93. The van der Waals surface area contributed by atoms with Crippen LogP contribution >= 0.6 is 11.3 Å². The van der Waals surface area contributed by atoms with Crippen molar-refractivity contribution in [3.63, 3.8) is 0 Å². The third kappa shape index (κ3) is 4.67. The summed E-state index contributed by atoms with van der Waals surface area (Å²) in [4.78, 5) is 18.8. The monoisotopic (exact) mass is 358 g/mol. The molecule has 1 aliphatic carbocycles. The summed E-state index contributed by atoms with van der Waals surface area (Å²) in [6, 6.07) is 8.14. The number of methoxy groups -OCH3 is 1. The fraction of sp³-hybridized carbons (Fsp3) is 0.500. The molecule has 4 nitrogen and oxygen atoms in total. The second-order valence-corrected chi connectivity index (χ2v) is 7.63. The zero-order chi connectivity index (χ0) is 17.6. The molecule has 0 amide bonds. The molecule has 0 bridgehead atoms. The molecule has 1 fully saturated rings. The van der Waals surface area contributed by atoms with Crippen molar-refractivity contribution in [2.45, 2.75) is 51.1 Å². The number of hydrogen-bond acceptors (Lipinski definition) is 5. The third-order valence-electron chi connectivity index (χ3n) is 4.96. The highest BCUT2D eigenvalue weighted by atomic mass is 32.1. The van der Waals surface area contributed by atoms with E-state index in [2.05, 4.69) is 17.3 Å². The van der Waals surface area contributed by atoms with E-state index in [1.54, 1.807) is 23.5 Å². The second kappa shape index (κ2) is 8.59. The number of nitrogens with zero attached hydrogens (tertiary/aromatic N) is 2. The van der Waals surface area contributed by atoms with Crippen LogP contribution in [0.3, 0.4) is 0 Å². The molecule has 1 aromatic heterocycles. The first-order chi connectivity index (χ1) is 12.2. The molecule has 0 unspecified atom stereocenters. The third-order valence-corrected chi connectivity index (χ3v) is 5.90. The van der Waals surface area contributed by atoms with Gasteiger partial charge >= 0.3 is 5.97 Å². The topological polar surface area (TPSA) is 42.4 Å². The summed E-state index contributed by atoms with van der Waals surface area (Å²) in [7, 11) is 3.62. The Morgan fingerprint density at radius 1 is 1.20 bits per heavy atom. The predicted octanol–water partition coefficient (Wildman–Crippen LogP) is 4.75. The van der Waals surface area contributed by atoms with Crippen molar-refractivity contribution in [3.8, 4) is 10.6 Å². The molecule has 0 spiro atoms. The molecule has 1 saturated carbocycles. The van der Waals surface area contributed by atoms with Gasteiger partial charge in [-0.05, 0) is 32.0 Å². The van der Waals surface area contributed by atoms with Crippen LogP contribution in [0.15, 0.2) is 29.6 Å². The van der Waals surface area contributed by atoms with Gasteiger partial charge < -0.3 is 4.74 Å². The van der Waals surface area contributed by atoms with Gasteiger partial charge in [-0.2, -0.15) is 0 Å². The van der Waals surface area contributed by atoms with Crippen molar-refractivity contribution in [2.24, 2.45) is 0 Å². The van der Waals surface area contributed by atoms with Crippen molar-refractivity contribution >= 4 is 17.3 Å². The van der Waals surface area contributed by atoms with Gasteiger partial charge in [0.1, 0.15) is 5.01 Å². The molecule has 0 N–H and O–H groups in total. The Labute approximate surface area is 153 Å². The van der Waals surface area contributed by atoms with Gasteiger partial charge in [-0.3, -0.25) is 4.90 Å². The van der Waals surface area contributed by atoms with Crippen molar-refractivity contribution in [3.05, 3.63) is 40.9 Å². The van der Waals surface area contributed by atoms with E-state index in [4.69, 9.17) is 9.72 Å². The molecule has 25 heavy (non-hydrogen) atoms. The molecule has 1 heterocycles. The van der Waals surface area contributed by atoms with E-state index in [1.165, 1.54) is 45.6 Å². The second-order valence-electron chi connectivity index (χ2n) is 6.77. The highest BCUT2D eigenvalue weighted by molar-refractivity contribution is 7.13. The lowest BCUT2D eigenvalue weighted by Crippen LogP contribution is -2.30. The zero-order valence-electron chi connectivity index (χ0n) is 15.0. The normalized spacial score (nSPS) is 16.0. The van der Waals surface area contributed by atoms with Crippen LogP contribution in [0.4, 0.5) is 0 Å². The number of esters is 1. The van der Waals surface area contributed by atoms with Crippen LogP contribution in [-0.4, -0.2) is 36.1 Å². The number of carbonyl (C=O) groups is 1. The molecule has 0 saturated heterocycles. The molecule has 2 aromatic rings. The quantitative estimate of drug-likeness (QED) is 0.571. The van der Waals surface area contributed by atoms with Gasteiger partial charge in [-0.15, -0.1) is 11.3 Å². The smallest absolute Gasteiger partial charge is 0.337 e. The first-order valence-corrected chi connectivity index (χ1v) is 9.88. The van der Waals surface area contributed by atoms with Crippen molar-refractivity contribution in [2.75, 3.05) is 14.2 Å². The Morgan fingerprint density at radius 2 is 1.88 bits per heavy atom. The summed E-state index contributed by atoms with van der Waals surface area (Å²) in [6.07, 6.45) is 8.08. The van der Waals surface area contributed by atoms with Crippen LogP contribution < -0.4 is 0 Å². The highest BCUT2D eigenvalue weighted by Crippen LogP contribution is 2.26. The molecule has 0 aliphatic heterocycles. The maximum Gasteiger partial charge on any atom is 0.337 e. The van der Waals surface area contributed by atoms with Gasteiger partial charge in [0.05, 0.1) is 18.4 Å². The average molecular weight is 359 g/mol. The van der Waals surface area contributed by atoms with E-state index < -0.39 is 0 Å². The zero-order valence-corrected chi connectivity index (χ0v) is 15.8. The standard InChI is InChI=1S/C20H26N2O2S/c1-22(18-7-5-3-4-6-8-18)13-17-14-25-19(21-17)15-9-11-16(12-10-15)20(23)24-2/h9-12,14,18H,3-8,13H2,1-2H3. The SMILES string of the molecule is COC(=O)c1ccc(-c2nc(CN(C)C3CCCCCC3)cs2)cc1. The predicted molar refractivity (Wildman–Crippen MR) is 102 cm³/mol. The lowest BCUT2D eigenvalue weighted by molar-refractivity contribution is 0.0601. The van der Waals surface area contributed by atoms with Gasteiger partial charge in [-0.25, -0.2) is 9.78 Å². The lowest BCUT2D eigenvalue weighted by atomic mass is 10.1. The number of benzene rings is 1. The Bertz CT molecular complexity index is 688. The maximum absolute atomic E-state index is 11.5. The Morgan fingerprint density at radius 3 is 2.52 bits per heavy atom. The van der Waals surface area contributed by atoms with Gasteiger partial charge in [0, 0.05) is 23.5 Å². The largest absolute Gasteiger partial charge is 0.465 e. The number of aromatic nitrogens is 1. The Kier molecular flexibility index (Phi) is 6.21. The first kappa shape index (κ1) is 18.1. The molecular formula is C20H26N2O2S. The number of ether oxygens (including phenoxy) is 1. The molecule has 1 aliphatic rings. The minimum absolute atomic E-state index is 0.309. The minimum atomic E-state index is -0.309. The van der Waals surface area contributed by atoms with E-state index >= 15 is 0 Å². The van der Waals surface area contributed by atoms with Gasteiger partial charge in [0.2, 0.25) is 0 Å². The number of carbonyl (C=O) groups excluding carboxylic acids is 1. The van der Waals surface area contributed by atoms with E-state index in [0.29, 0.717) is 11.6 Å². The van der Waals surface area contributed by atoms with Crippen LogP contribution in [0.2, 0.25) is 0 Å². The Balaban J connectivity index is 1.64. The minimum Gasteiger partial charge on any atom is -0.465 e. The van der Waals surface area contributed by atoms with E-state index in [0.717, 1.165) is 22.8 Å². The summed E-state index contributed by atoms with van der Waals surface area (Å²) >= 11 is 1.66. The number of hydrogen-bond donors (Lipinski definition) is 0. The molecular weight excluding hydrogens is 332 g/mol. The van der Waals surface area contributed by atoms with Crippen LogP contribution in [0.25, 0.3) is 10.6 Å². The van der Waals surface area contributed by atoms with Crippen molar-refractivity contribution in [1.82, 2.24) is 9.88 Å². The Hall–Kier alpha value is -1.72. The summed E-state index contributed by atoms with van der Waals surface area (Å²) < 4.78 is 4.74. The van der Waals surface area contributed by atoms with Gasteiger partial charge in [0.15, 0.2) is 0 Å². The highest BCUT2D eigenvalue weighted by Gasteiger charge is 2.18. The summed E-state index contributed by atoms with van der Waals surface area (Å²) in [6.45, 7) is 0.904. The van der Waals surface area contributed by atoms with Crippen LogP contribution in [0, 0.1) is 0 Å². The molecule has 1 aromatic carbocycles. The number of thiazole rings is 1. The summed E-state index contributed by atoms with van der Waals surface area (Å²) in [5, 5.41) is 3.15. The van der Waals surface area contributed by atoms with Crippen molar-refractivity contribution < 1.29 is 9.53 Å². The molecule has 0 atom stereocenters. The summed E-state index contributed by atoms with van der Waals surface area (Å²) in [5.41, 5.74) is 2.74. The van der Waals surface area contributed by atoms with E-state index in [-0.39, 0.29) is 5.97 Å². The van der Waals surface area contributed by atoms with E-state index in [9.17, 15) is 4.79 Å². The molecule has 5 heteroatoms. The van der Waals surface area contributed by atoms with Crippen LogP contribution in [0.5, 0.6) is 0 Å². The van der Waals surface area contributed by atoms with Crippen LogP contribution in [-0.2, 0) is 11.3 Å². The van der Waals surface area contributed by atoms with E-state index in [1.807, 2.05) is 12.1 Å². The lowest BCUT2D eigenvalue weighted by Gasteiger charge is -2.26. The van der Waals surface area contributed by atoms with Gasteiger partial charge in [-0.1, -0.05) is 37.8 Å². The fourth-order valence-corrected chi connectivity index (χ4v) is 4.28. The fourth-order valence-electron chi connectivity index (χ4n) is 3.46. The summed E-state index contributed by atoms with van der Waals surface area (Å²) in [5.74, 6) is -0.309. The van der Waals surface area contributed by atoms with Crippen LogP contribution in [0.1, 0.15) is 54.6 Å². The molecule has 0 radical (unpaired) electrons. The molecule has 3 rings (SSSR count). The molecule has 134 valence electrons. The maximum atomic E-state index is 11.5. The number of rotatable bonds is 5. The first-order valence-electron chi connectivity index (χ1n) is 9.01.